The third-order valence-electron chi connectivity index (χ3n) is 2.59. The summed E-state index contributed by atoms with van der Waals surface area (Å²) in [6, 6.07) is 0.332. The summed E-state index contributed by atoms with van der Waals surface area (Å²) in [5, 5.41) is 0. The van der Waals surface area contributed by atoms with Gasteiger partial charge in [0.05, 0.1) is 11.9 Å². The largest absolute Gasteiger partial charge is 0.387 e. The third-order valence-corrected chi connectivity index (χ3v) is 2.59. The lowest BCUT2D eigenvalue weighted by Gasteiger charge is -2.24. The first kappa shape index (κ1) is 9.56. The second-order valence-corrected chi connectivity index (χ2v) is 4.87. The standard InChI is InChI=1S/C10H20N2/c1-7(10(2,3)4)12-9(11)8-5-6-8/h7-8H,5-6H2,1-4H3,(H2,11,12). The van der Waals surface area contributed by atoms with E-state index < -0.39 is 0 Å². The predicted octanol–water partition coefficient (Wildman–Crippen LogP) is 2.19. The maximum atomic E-state index is 5.83. The van der Waals surface area contributed by atoms with Crippen LogP contribution < -0.4 is 5.73 Å². The van der Waals surface area contributed by atoms with E-state index in [-0.39, 0.29) is 5.41 Å². The molecule has 0 aromatic carbocycles. The fourth-order valence-corrected chi connectivity index (χ4v) is 0.902. The van der Waals surface area contributed by atoms with Crippen molar-refractivity contribution in [3.63, 3.8) is 0 Å². The molecule has 1 unspecified atom stereocenters. The molecule has 2 heteroatoms. The smallest absolute Gasteiger partial charge is 0.0971 e. The molecule has 2 N–H and O–H groups in total. The Hall–Kier alpha value is -0.530. The third kappa shape index (κ3) is 2.50. The first-order valence-corrected chi connectivity index (χ1v) is 4.74. The molecular weight excluding hydrogens is 148 g/mol. The minimum Gasteiger partial charge on any atom is -0.387 e. The van der Waals surface area contributed by atoms with Crippen molar-refractivity contribution in [1.29, 1.82) is 0 Å². The molecule has 0 aromatic heterocycles. The molecule has 0 spiro atoms. The van der Waals surface area contributed by atoms with Crippen molar-refractivity contribution in [2.24, 2.45) is 22.1 Å². The number of nitrogens with zero attached hydrogens (tertiary/aromatic N) is 1. The number of rotatable bonds is 2. The van der Waals surface area contributed by atoms with Gasteiger partial charge in [-0.15, -0.1) is 0 Å². The number of hydrogen-bond donors (Lipinski definition) is 1. The number of hydrogen-bond acceptors (Lipinski definition) is 1. The van der Waals surface area contributed by atoms with Crippen LogP contribution in [0.4, 0.5) is 0 Å². The zero-order valence-corrected chi connectivity index (χ0v) is 8.59. The minimum absolute atomic E-state index is 0.236. The lowest BCUT2D eigenvalue weighted by Crippen LogP contribution is -2.25. The molecule has 0 heterocycles. The average Bonchev–Trinajstić information content (AvgIpc) is 2.65. The van der Waals surface area contributed by atoms with Crippen LogP contribution in [0.5, 0.6) is 0 Å². The van der Waals surface area contributed by atoms with E-state index in [0.29, 0.717) is 12.0 Å². The van der Waals surface area contributed by atoms with E-state index in [9.17, 15) is 0 Å². The van der Waals surface area contributed by atoms with Crippen LogP contribution in [-0.2, 0) is 0 Å². The van der Waals surface area contributed by atoms with Gasteiger partial charge < -0.3 is 5.73 Å². The Labute approximate surface area is 75.3 Å². The molecule has 0 aliphatic heterocycles. The van der Waals surface area contributed by atoms with Gasteiger partial charge in [-0.25, -0.2) is 0 Å². The Bertz CT molecular complexity index is 185. The number of nitrogens with two attached hydrogens (primary N) is 1. The highest BCUT2D eigenvalue weighted by Gasteiger charge is 2.27. The van der Waals surface area contributed by atoms with E-state index in [4.69, 9.17) is 5.73 Å². The fraction of sp³-hybridized carbons (Fsp3) is 0.900. The quantitative estimate of drug-likeness (QED) is 0.498. The maximum absolute atomic E-state index is 5.83. The second kappa shape index (κ2) is 3.08. The zero-order chi connectivity index (χ0) is 9.35. The zero-order valence-electron chi connectivity index (χ0n) is 8.59. The topological polar surface area (TPSA) is 38.4 Å². The highest BCUT2D eigenvalue weighted by atomic mass is 14.9. The van der Waals surface area contributed by atoms with Crippen LogP contribution in [0.1, 0.15) is 40.5 Å². The Morgan fingerprint density at radius 2 is 1.92 bits per heavy atom. The molecule has 1 rings (SSSR count). The normalized spacial score (nSPS) is 22.5. The van der Waals surface area contributed by atoms with Crippen LogP contribution >= 0.6 is 0 Å². The molecule has 1 saturated carbocycles. The van der Waals surface area contributed by atoms with Crippen molar-refractivity contribution < 1.29 is 0 Å². The highest BCUT2D eigenvalue weighted by molar-refractivity contribution is 5.85. The molecule has 1 aliphatic carbocycles. The molecule has 2 nitrogen and oxygen atoms in total. The van der Waals surface area contributed by atoms with Gasteiger partial charge in [-0.05, 0) is 25.2 Å². The van der Waals surface area contributed by atoms with Crippen LogP contribution in [0.15, 0.2) is 4.99 Å². The summed E-state index contributed by atoms with van der Waals surface area (Å²) >= 11 is 0. The monoisotopic (exact) mass is 168 g/mol. The molecule has 0 saturated heterocycles. The van der Waals surface area contributed by atoms with Crippen LogP contribution in [-0.4, -0.2) is 11.9 Å². The van der Waals surface area contributed by atoms with E-state index in [2.05, 4.69) is 32.7 Å². The van der Waals surface area contributed by atoms with Gasteiger partial charge in [0.15, 0.2) is 0 Å². The van der Waals surface area contributed by atoms with Crippen molar-refractivity contribution in [3.05, 3.63) is 0 Å². The molecule has 1 aliphatic rings. The highest BCUT2D eigenvalue weighted by Crippen LogP contribution is 2.30. The van der Waals surface area contributed by atoms with Gasteiger partial charge in [0.2, 0.25) is 0 Å². The van der Waals surface area contributed by atoms with Crippen LogP contribution in [0.25, 0.3) is 0 Å². The van der Waals surface area contributed by atoms with Gasteiger partial charge in [0, 0.05) is 5.92 Å². The van der Waals surface area contributed by atoms with Crippen molar-refractivity contribution in [2.45, 2.75) is 46.6 Å². The molecule has 0 bridgehead atoms. The van der Waals surface area contributed by atoms with Crippen LogP contribution in [0, 0.1) is 11.3 Å². The second-order valence-electron chi connectivity index (χ2n) is 4.87. The molecule has 1 fully saturated rings. The Balaban J connectivity index is 2.53. The Morgan fingerprint density at radius 3 is 2.25 bits per heavy atom. The van der Waals surface area contributed by atoms with Crippen molar-refractivity contribution >= 4 is 5.84 Å². The van der Waals surface area contributed by atoms with Gasteiger partial charge >= 0.3 is 0 Å². The minimum atomic E-state index is 0.236. The molecular formula is C10H20N2. The van der Waals surface area contributed by atoms with Crippen molar-refractivity contribution in [1.82, 2.24) is 0 Å². The average molecular weight is 168 g/mol. The molecule has 0 aromatic rings. The summed E-state index contributed by atoms with van der Waals surface area (Å²) in [6.07, 6.45) is 2.48. The lowest BCUT2D eigenvalue weighted by atomic mass is 9.88. The van der Waals surface area contributed by atoms with E-state index in [0.717, 1.165) is 5.84 Å². The first-order chi connectivity index (χ1) is 5.41. The van der Waals surface area contributed by atoms with Gasteiger partial charge in [-0.1, -0.05) is 20.8 Å². The Morgan fingerprint density at radius 1 is 1.42 bits per heavy atom. The summed E-state index contributed by atoms with van der Waals surface area (Å²) in [5.74, 6) is 1.48. The van der Waals surface area contributed by atoms with Gasteiger partial charge in [-0.3, -0.25) is 4.99 Å². The van der Waals surface area contributed by atoms with Crippen LogP contribution in [0.3, 0.4) is 0 Å². The van der Waals surface area contributed by atoms with Gasteiger partial charge in [-0.2, -0.15) is 0 Å². The molecule has 12 heavy (non-hydrogen) atoms. The fourth-order valence-electron chi connectivity index (χ4n) is 0.902. The van der Waals surface area contributed by atoms with Crippen molar-refractivity contribution in [2.75, 3.05) is 0 Å². The van der Waals surface area contributed by atoms with Gasteiger partial charge in [0.25, 0.3) is 0 Å². The summed E-state index contributed by atoms with van der Waals surface area (Å²) in [7, 11) is 0. The molecule has 1 atom stereocenters. The number of aliphatic imine (C=N–C) groups is 1. The first-order valence-electron chi connectivity index (χ1n) is 4.74. The van der Waals surface area contributed by atoms with E-state index >= 15 is 0 Å². The maximum Gasteiger partial charge on any atom is 0.0971 e. The summed E-state index contributed by atoms with van der Waals surface area (Å²) in [4.78, 5) is 4.50. The van der Waals surface area contributed by atoms with Crippen molar-refractivity contribution in [3.8, 4) is 0 Å². The summed E-state index contributed by atoms with van der Waals surface area (Å²) < 4.78 is 0. The van der Waals surface area contributed by atoms with E-state index in [1.807, 2.05) is 0 Å². The molecule has 70 valence electrons. The van der Waals surface area contributed by atoms with Crippen LogP contribution in [0.2, 0.25) is 0 Å². The summed E-state index contributed by atoms with van der Waals surface area (Å²) in [6.45, 7) is 8.72. The Kier molecular flexibility index (Phi) is 2.45. The summed E-state index contributed by atoms with van der Waals surface area (Å²) in [5.41, 5.74) is 6.06. The molecule has 0 radical (unpaired) electrons. The number of amidine groups is 1. The van der Waals surface area contributed by atoms with E-state index in [1.54, 1.807) is 0 Å². The SMILES string of the molecule is CC(N=C(N)C1CC1)C(C)(C)C. The lowest BCUT2D eigenvalue weighted by molar-refractivity contribution is 0.341. The van der Waals surface area contributed by atoms with E-state index in [1.165, 1.54) is 12.8 Å². The predicted molar refractivity (Wildman–Crippen MR) is 53.3 cm³/mol. The molecule has 0 amide bonds. The van der Waals surface area contributed by atoms with Gasteiger partial charge in [0.1, 0.15) is 0 Å².